The van der Waals surface area contributed by atoms with Gasteiger partial charge in [-0.1, -0.05) is 26.1 Å². The number of hydrogen-bond acceptors (Lipinski definition) is 3. The Hall–Kier alpha value is -0.940. The van der Waals surface area contributed by atoms with Crippen molar-refractivity contribution in [2.45, 2.75) is 26.8 Å². The lowest BCUT2D eigenvalue weighted by Crippen LogP contribution is -2.33. The number of rotatable bonds is 8. The molecule has 1 heterocycles. The average Bonchev–Trinajstić information content (AvgIpc) is 2.74. The van der Waals surface area contributed by atoms with Gasteiger partial charge in [-0.05, 0) is 12.0 Å². The van der Waals surface area contributed by atoms with Crippen molar-refractivity contribution in [2.24, 2.45) is 11.7 Å². The maximum absolute atomic E-state index is 5.55. The molecule has 5 heteroatoms. The number of nitrogens with zero attached hydrogens (tertiary/aromatic N) is 3. The van der Waals surface area contributed by atoms with Crippen LogP contribution in [0.4, 0.5) is 0 Å². The van der Waals surface area contributed by atoms with Crippen molar-refractivity contribution < 1.29 is 0 Å². The van der Waals surface area contributed by atoms with E-state index in [4.69, 9.17) is 18.0 Å². The Morgan fingerprint density at radius 3 is 2.76 bits per heavy atom. The second-order valence-corrected chi connectivity index (χ2v) is 5.20. The van der Waals surface area contributed by atoms with E-state index in [9.17, 15) is 0 Å². The molecule has 1 rings (SSSR count). The third-order valence-electron chi connectivity index (χ3n) is 2.50. The van der Waals surface area contributed by atoms with E-state index in [-0.39, 0.29) is 0 Å². The van der Waals surface area contributed by atoms with Crippen molar-refractivity contribution in [3.63, 3.8) is 0 Å². The van der Waals surface area contributed by atoms with E-state index in [0.29, 0.717) is 10.9 Å². The first kappa shape index (κ1) is 14.1. The lowest BCUT2D eigenvalue weighted by molar-refractivity contribution is 0.238. The van der Waals surface area contributed by atoms with Gasteiger partial charge in [0.25, 0.3) is 0 Å². The molecule has 0 atom stereocenters. The lowest BCUT2D eigenvalue weighted by Gasteiger charge is -2.23. The molecule has 0 bridgehead atoms. The molecule has 0 spiro atoms. The molecule has 1 aromatic heterocycles. The molecule has 4 nitrogen and oxygen atoms in total. The van der Waals surface area contributed by atoms with Gasteiger partial charge in [0.1, 0.15) is 0 Å². The van der Waals surface area contributed by atoms with Crippen molar-refractivity contribution in [2.75, 3.05) is 19.6 Å². The van der Waals surface area contributed by atoms with Crippen LogP contribution in [0, 0.1) is 5.92 Å². The normalized spacial score (nSPS) is 11.3. The van der Waals surface area contributed by atoms with Gasteiger partial charge in [0.2, 0.25) is 0 Å². The summed E-state index contributed by atoms with van der Waals surface area (Å²) in [5.41, 5.74) is 5.55. The topological polar surface area (TPSA) is 47.1 Å². The second kappa shape index (κ2) is 7.40. The first-order chi connectivity index (χ1) is 8.08. The molecule has 0 unspecified atom stereocenters. The average molecular weight is 254 g/mol. The van der Waals surface area contributed by atoms with Crippen LogP contribution in [0.3, 0.4) is 0 Å². The first-order valence-corrected chi connectivity index (χ1v) is 6.47. The third-order valence-corrected chi connectivity index (χ3v) is 2.71. The van der Waals surface area contributed by atoms with Crippen LogP contribution in [-0.2, 0) is 6.54 Å². The molecule has 2 N–H and O–H groups in total. The van der Waals surface area contributed by atoms with Crippen LogP contribution in [-0.4, -0.2) is 39.3 Å². The van der Waals surface area contributed by atoms with Crippen LogP contribution in [0.15, 0.2) is 18.5 Å². The zero-order valence-corrected chi connectivity index (χ0v) is 11.5. The lowest BCUT2D eigenvalue weighted by atomic mass is 10.2. The van der Waals surface area contributed by atoms with Crippen molar-refractivity contribution in [3.8, 4) is 0 Å². The van der Waals surface area contributed by atoms with Gasteiger partial charge in [-0.2, -0.15) is 5.10 Å². The van der Waals surface area contributed by atoms with Crippen molar-refractivity contribution >= 4 is 17.2 Å². The first-order valence-electron chi connectivity index (χ1n) is 6.06. The van der Waals surface area contributed by atoms with Gasteiger partial charge in [0.05, 0.1) is 11.5 Å². The summed E-state index contributed by atoms with van der Waals surface area (Å²) in [6.45, 7) is 8.36. The highest BCUT2D eigenvalue weighted by Gasteiger charge is 2.07. The molecular weight excluding hydrogens is 232 g/mol. The standard InChI is InChI=1S/C12H22N4S/c1-11(2)10-15(7-4-12(13)17)8-9-16-6-3-5-14-16/h3,5-6,11H,4,7-10H2,1-2H3,(H2,13,17). The highest BCUT2D eigenvalue weighted by atomic mass is 32.1. The van der Waals surface area contributed by atoms with Crippen LogP contribution in [0.5, 0.6) is 0 Å². The van der Waals surface area contributed by atoms with Crippen LogP contribution < -0.4 is 5.73 Å². The Morgan fingerprint density at radius 1 is 1.47 bits per heavy atom. The van der Waals surface area contributed by atoms with Crippen molar-refractivity contribution in [1.82, 2.24) is 14.7 Å². The minimum Gasteiger partial charge on any atom is -0.393 e. The molecule has 0 radical (unpaired) electrons. The van der Waals surface area contributed by atoms with Crippen LogP contribution >= 0.6 is 12.2 Å². The fourth-order valence-electron chi connectivity index (χ4n) is 1.76. The van der Waals surface area contributed by atoms with Crippen molar-refractivity contribution in [1.29, 1.82) is 0 Å². The third kappa shape index (κ3) is 6.38. The highest BCUT2D eigenvalue weighted by molar-refractivity contribution is 7.80. The number of nitrogens with two attached hydrogens (primary N) is 1. The molecule has 0 fully saturated rings. The number of hydrogen-bond donors (Lipinski definition) is 1. The Morgan fingerprint density at radius 2 is 2.24 bits per heavy atom. The monoisotopic (exact) mass is 254 g/mol. The van der Waals surface area contributed by atoms with Gasteiger partial charge < -0.3 is 10.6 Å². The smallest absolute Gasteiger partial charge is 0.0740 e. The SMILES string of the molecule is CC(C)CN(CCC(N)=S)CCn1cccn1. The summed E-state index contributed by atoms with van der Waals surface area (Å²) in [5.74, 6) is 0.652. The Bertz CT molecular complexity index is 321. The minimum absolute atomic E-state index is 0.595. The van der Waals surface area contributed by atoms with E-state index in [1.807, 2.05) is 23.1 Å². The predicted molar refractivity (Wildman–Crippen MR) is 74.9 cm³/mol. The Labute approximate surface area is 109 Å². The molecule has 0 saturated heterocycles. The fraction of sp³-hybridized carbons (Fsp3) is 0.667. The fourth-order valence-corrected chi connectivity index (χ4v) is 1.85. The predicted octanol–water partition coefficient (Wildman–Crippen LogP) is 1.52. The van der Waals surface area contributed by atoms with Gasteiger partial charge in [0, 0.05) is 38.4 Å². The van der Waals surface area contributed by atoms with E-state index < -0.39 is 0 Å². The molecule has 1 aromatic rings. The summed E-state index contributed by atoms with van der Waals surface area (Å²) in [6.07, 6.45) is 4.59. The summed E-state index contributed by atoms with van der Waals surface area (Å²) in [7, 11) is 0. The molecule has 0 aromatic carbocycles. The molecule has 96 valence electrons. The van der Waals surface area contributed by atoms with Crippen LogP contribution in [0.2, 0.25) is 0 Å². The molecule has 0 aliphatic rings. The Balaban J connectivity index is 2.36. The summed E-state index contributed by atoms with van der Waals surface area (Å²) in [4.78, 5) is 2.99. The molecule has 0 aliphatic heterocycles. The van der Waals surface area contributed by atoms with E-state index in [2.05, 4.69) is 23.8 Å². The highest BCUT2D eigenvalue weighted by Crippen LogP contribution is 2.01. The van der Waals surface area contributed by atoms with Crippen LogP contribution in [0.1, 0.15) is 20.3 Å². The summed E-state index contributed by atoms with van der Waals surface area (Å²) >= 11 is 4.92. The minimum atomic E-state index is 0.595. The quantitative estimate of drug-likeness (QED) is 0.715. The van der Waals surface area contributed by atoms with E-state index >= 15 is 0 Å². The van der Waals surface area contributed by atoms with Gasteiger partial charge in [-0.25, -0.2) is 0 Å². The van der Waals surface area contributed by atoms with Gasteiger partial charge >= 0.3 is 0 Å². The molecule has 17 heavy (non-hydrogen) atoms. The summed E-state index contributed by atoms with van der Waals surface area (Å²) in [5, 5.41) is 4.20. The van der Waals surface area contributed by atoms with E-state index in [1.165, 1.54) is 0 Å². The maximum atomic E-state index is 5.55. The Kier molecular flexibility index (Phi) is 6.15. The number of thiocarbonyl (C=S) groups is 1. The van der Waals surface area contributed by atoms with E-state index in [0.717, 1.165) is 32.6 Å². The molecule has 0 saturated carbocycles. The van der Waals surface area contributed by atoms with Gasteiger partial charge in [0.15, 0.2) is 0 Å². The summed E-state index contributed by atoms with van der Waals surface area (Å²) < 4.78 is 1.95. The van der Waals surface area contributed by atoms with Crippen molar-refractivity contribution in [3.05, 3.63) is 18.5 Å². The molecule has 0 amide bonds. The summed E-state index contributed by atoms with van der Waals surface area (Å²) in [6, 6.07) is 1.95. The van der Waals surface area contributed by atoms with Gasteiger partial charge in [-0.15, -0.1) is 0 Å². The zero-order valence-electron chi connectivity index (χ0n) is 10.7. The van der Waals surface area contributed by atoms with Crippen LogP contribution in [0.25, 0.3) is 0 Å². The zero-order chi connectivity index (χ0) is 12.7. The molecular formula is C12H22N4S. The second-order valence-electron chi connectivity index (χ2n) is 4.68. The maximum Gasteiger partial charge on any atom is 0.0740 e. The largest absolute Gasteiger partial charge is 0.393 e. The van der Waals surface area contributed by atoms with Gasteiger partial charge in [-0.3, -0.25) is 4.68 Å². The molecule has 0 aliphatic carbocycles. The number of aromatic nitrogens is 2. The van der Waals surface area contributed by atoms with E-state index in [1.54, 1.807) is 0 Å².